The molecule has 1 aliphatic rings. The van der Waals surface area contributed by atoms with Gasteiger partial charge in [0.05, 0.1) is 29.7 Å². The number of hydrogen-bond acceptors (Lipinski definition) is 5. The molecule has 0 radical (unpaired) electrons. The quantitative estimate of drug-likeness (QED) is 0.627. The van der Waals surface area contributed by atoms with Crippen LogP contribution in [0, 0.1) is 21.4 Å². The Morgan fingerprint density at radius 3 is 2.90 bits per heavy atom. The highest BCUT2D eigenvalue weighted by Crippen LogP contribution is 2.28. The van der Waals surface area contributed by atoms with Crippen LogP contribution >= 0.6 is 0 Å². The summed E-state index contributed by atoms with van der Waals surface area (Å²) >= 11 is 0. The molecule has 0 aliphatic carbocycles. The van der Waals surface area contributed by atoms with E-state index >= 15 is 0 Å². The fraction of sp³-hybridized carbons (Fsp3) is 0.429. The third kappa shape index (κ3) is 2.94. The van der Waals surface area contributed by atoms with Gasteiger partial charge >= 0.3 is 0 Å². The molecule has 1 heterocycles. The highest BCUT2D eigenvalue weighted by molar-refractivity contribution is 5.97. The van der Waals surface area contributed by atoms with E-state index in [1.807, 2.05) is 0 Å². The molecule has 1 saturated heterocycles. The first-order valence-electron chi connectivity index (χ1n) is 6.61. The van der Waals surface area contributed by atoms with E-state index in [1.54, 1.807) is 0 Å². The summed E-state index contributed by atoms with van der Waals surface area (Å²) in [5.41, 5.74) is 0.101. The zero-order valence-corrected chi connectivity index (χ0v) is 11.6. The molecule has 1 aromatic carbocycles. The van der Waals surface area contributed by atoms with Crippen molar-refractivity contribution in [2.75, 3.05) is 13.7 Å². The zero-order valence-electron chi connectivity index (χ0n) is 11.6. The van der Waals surface area contributed by atoms with E-state index in [2.05, 4.69) is 6.07 Å². The highest BCUT2D eigenvalue weighted by atomic mass is 16.6. The van der Waals surface area contributed by atoms with Crippen LogP contribution in [0.25, 0.3) is 0 Å². The molecule has 0 bridgehead atoms. The van der Waals surface area contributed by atoms with E-state index in [0.29, 0.717) is 13.0 Å². The van der Waals surface area contributed by atoms with Crippen molar-refractivity contribution in [1.29, 1.82) is 5.26 Å². The van der Waals surface area contributed by atoms with Gasteiger partial charge in [0.25, 0.3) is 11.6 Å². The van der Waals surface area contributed by atoms with Crippen LogP contribution < -0.4 is 4.74 Å². The van der Waals surface area contributed by atoms with Crippen LogP contribution in [0.1, 0.15) is 29.6 Å². The summed E-state index contributed by atoms with van der Waals surface area (Å²) < 4.78 is 5.08. The number of rotatable bonds is 3. The van der Waals surface area contributed by atoms with Gasteiger partial charge in [-0.15, -0.1) is 0 Å². The zero-order chi connectivity index (χ0) is 15.4. The summed E-state index contributed by atoms with van der Waals surface area (Å²) in [6.45, 7) is 0.511. The van der Waals surface area contributed by atoms with Crippen molar-refractivity contribution in [3.8, 4) is 11.8 Å². The van der Waals surface area contributed by atoms with Gasteiger partial charge in [-0.2, -0.15) is 5.26 Å². The second-order valence-electron chi connectivity index (χ2n) is 4.78. The van der Waals surface area contributed by atoms with Gasteiger partial charge in [-0.05, 0) is 25.3 Å². The number of carbonyl (C=O) groups is 1. The Kier molecular flexibility index (Phi) is 4.38. The lowest BCUT2D eigenvalue weighted by Crippen LogP contribution is -2.43. The Morgan fingerprint density at radius 2 is 2.29 bits per heavy atom. The van der Waals surface area contributed by atoms with Crippen LogP contribution in [0.2, 0.25) is 0 Å². The van der Waals surface area contributed by atoms with Crippen molar-refractivity contribution in [2.24, 2.45) is 0 Å². The standard InChI is InChI=1S/C14H15N3O4/c1-21-13-8-10(17(19)20)5-6-12(13)14(18)16-7-3-2-4-11(16)9-15/h5-6,8,11H,2-4,7H2,1H3. The molecule has 110 valence electrons. The molecule has 0 saturated carbocycles. The molecular formula is C14H15N3O4. The molecule has 7 nitrogen and oxygen atoms in total. The predicted octanol–water partition coefficient (Wildman–Crippen LogP) is 2.12. The van der Waals surface area contributed by atoms with Gasteiger partial charge < -0.3 is 9.64 Å². The summed E-state index contributed by atoms with van der Waals surface area (Å²) in [7, 11) is 1.35. The van der Waals surface area contributed by atoms with Crippen molar-refractivity contribution in [2.45, 2.75) is 25.3 Å². The normalized spacial score (nSPS) is 17.9. The Morgan fingerprint density at radius 1 is 1.52 bits per heavy atom. The number of non-ortho nitro benzene ring substituents is 1. The number of piperidine rings is 1. The lowest BCUT2D eigenvalue weighted by Gasteiger charge is -2.31. The van der Waals surface area contributed by atoms with E-state index in [1.165, 1.54) is 30.2 Å². The number of methoxy groups -OCH3 is 1. The fourth-order valence-electron chi connectivity index (χ4n) is 2.43. The SMILES string of the molecule is COc1cc([N+](=O)[O-])ccc1C(=O)N1CCCCC1C#N. The molecule has 1 fully saturated rings. The minimum atomic E-state index is -0.546. The first-order chi connectivity index (χ1) is 10.1. The lowest BCUT2D eigenvalue weighted by atomic mass is 10.0. The first-order valence-corrected chi connectivity index (χ1v) is 6.61. The van der Waals surface area contributed by atoms with Gasteiger partial charge in [0.2, 0.25) is 0 Å². The number of nitrogens with zero attached hydrogens (tertiary/aromatic N) is 3. The molecule has 2 rings (SSSR count). The number of likely N-dealkylation sites (tertiary alicyclic amines) is 1. The average Bonchev–Trinajstić information content (AvgIpc) is 2.53. The van der Waals surface area contributed by atoms with E-state index in [0.717, 1.165) is 12.8 Å². The molecule has 0 aromatic heterocycles. The van der Waals surface area contributed by atoms with E-state index in [-0.39, 0.29) is 22.9 Å². The highest BCUT2D eigenvalue weighted by Gasteiger charge is 2.29. The Balaban J connectivity index is 2.34. The molecule has 1 aliphatic heterocycles. The second-order valence-corrected chi connectivity index (χ2v) is 4.78. The smallest absolute Gasteiger partial charge is 0.273 e. The van der Waals surface area contributed by atoms with E-state index < -0.39 is 11.0 Å². The van der Waals surface area contributed by atoms with Crippen LogP contribution in [0.4, 0.5) is 5.69 Å². The summed E-state index contributed by atoms with van der Waals surface area (Å²) in [4.78, 5) is 24.3. The minimum absolute atomic E-state index is 0.140. The molecule has 1 amide bonds. The van der Waals surface area contributed by atoms with E-state index in [4.69, 9.17) is 10.00 Å². The third-order valence-electron chi connectivity index (χ3n) is 3.54. The fourth-order valence-corrected chi connectivity index (χ4v) is 2.43. The van der Waals surface area contributed by atoms with Gasteiger partial charge in [-0.3, -0.25) is 14.9 Å². The van der Waals surface area contributed by atoms with Crippen molar-refractivity contribution in [1.82, 2.24) is 4.90 Å². The van der Waals surface area contributed by atoms with Crippen molar-refractivity contribution in [3.63, 3.8) is 0 Å². The summed E-state index contributed by atoms with van der Waals surface area (Å²) in [6.07, 6.45) is 2.41. The van der Waals surface area contributed by atoms with Crippen LogP contribution in [0.15, 0.2) is 18.2 Å². The topological polar surface area (TPSA) is 96.5 Å². The second kappa shape index (κ2) is 6.22. The number of nitriles is 1. The Labute approximate surface area is 121 Å². The number of carbonyl (C=O) groups excluding carboxylic acids is 1. The van der Waals surface area contributed by atoms with Gasteiger partial charge in [-0.25, -0.2) is 0 Å². The Bertz CT molecular complexity index is 609. The summed E-state index contributed by atoms with van der Waals surface area (Å²) in [5.74, 6) is -0.176. The molecule has 0 N–H and O–H groups in total. The number of hydrogen-bond donors (Lipinski definition) is 0. The summed E-state index contributed by atoms with van der Waals surface area (Å²) in [5, 5.41) is 19.9. The molecule has 21 heavy (non-hydrogen) atoms. The number of benzene rings is 1. The largest absolute Gasteiger partial charge is 0.496 e. The maximum absolute atomic E-state index is 12.6. The van der Waals surface area contributed by atoms with E-state index in [9.17, 15) is 14.9 Å². The molecule has 1 unspecified atom stereocenters. The van der Waals surface area contributed by atoms with Gasteiger partial charge in [0.1, 0.15) is 11.8 Å². The Hall–Kier alpha value is -2.62. The van der Waals surface area contributed by atoms with Gasteiger partial charge in [0, 0.05) is 12.6 Å². The number of amides is 1. The lowest BCUT2D eigenvalue weighted by molar-refractivity contribution is -0.384. The minimum Gasteiger partial charge on any atom is -0.496 e. The maximum atomic E-state index is 12.6. The average molecular weight is 289 g/mol. The van der Waals surface area contributed by atoms with Gasteiger partial charge in [0.15, 0.2) is 0 Å². The molecule has 1 atom stereocenters. The number of nitro groups is 1. The van der Waals surface area contributed by atoms with Crippen LogP contribution in [0.3, 0.4) is 0 Å². The number of nitro benzene ring substituents is 1. The maximum Gasteiger partial charge on any atom is 0.273 e. The molecule has 7 heteroatoms. The van der Waals surface area contributed by atoms with Crippen molar-refractivity contribution in [3.05, 3.63) is 33.9 Å². The number of ether oxygens (including phenoxy) is 1. The van der Waals surface area contributed by atoms with Crippen LogP contribution in [-0.4, -0.2) is 35.4 Å². The third-order valence-corrected chi connectivity index (χ3v) is 3.54. The van der Waals surface area contributed by atoms with Crippen LogP contribution in [0.5, 0.6) is 5.75 Å². The monoisotopic (exact) mass is 289 g/mol. The molecule has 0 spiro atoms. The van der Waals surface area contributed by atoms with Crippen molar-refractivity contribution < 1.29 is 14.5 Å². The first kappa shape index (κ1) is 14.8. The summed E-state index contributed by atoms with van der Waals surface area (Å²) in [6, 6.07) is 5.54. The predicted molar refractivity (Wildman–Crippen MR) is 73.9 cm³/mol. The molecular weight excluding hydrogens is 274 g/mol. The van der Waals surface area contributed by atoms with Crippen molar-refractivity contribution >= 4 is 11.6 Å². The van der Waals surface area contributed by atoms with Gasteiger partial charge in [-0.1, -0.05) is 0 Å². The van der Waals surface area contributed by atoms with Crippen LogP contribution in [-0.2, 0) is 0 Å². The molecule has 1 aromatic rings.